The fourth-order valence-electron chi connectivity index (χ4n) is 2.30. The first kappa shape index (κ1) is 14.0. The maximum atomic E-state index is 11.9. The molecule has 0 aliphatic carbocycles. The molecule has 96 valence electrons. The van der Waals surface area contributed by atoms with Crippen molar-refractivity contribution in [1.29, 1.82) is 5.26 Å². The Labute approximate surface area is 104 Å². The fourth-order valence-corrected chi connectivity index (χ4v) is 2.30. The lowest BCUT2D eigenvalue weighted by molar-refractivity contribution is -0.131. The van der Waals surface area contributed by atoms with Crippen LogP contribution in [-0.2, 0) is 4.79 Å². The second-order valence-corrected chi connectivity index (χ2v) is 5.01. The maximum Gasteiger partial charge on any atom is 0.222 e. The molecule has 0 radical (unpaired) electrons. The van der Waals surface area contributed by atoms with Crippen molar-refractivity contribution in [2.24, 2.45) is 11.8 Å². The number of amides is 1. The number of carbonyl (C=O) groups excluding carboxylic acids is 1. The van der Waals surface area contributed by atoms with Crippen molar-refractivity contribution in [1.82, 2.24) is 10.2 Å². The van der Waals surface area contributed by atoms with Crippen LogP contribution in [0.1, 0.15) is 32.6 Å². The number of piperidine rings is 1. The average Bonchev–Trinajstić information content (AvgIpc) is 2.36. The first-order valence-electron chi connectivity index (χ1n) is 6.46. The standard InChI is InChI=1S/C13H23N3O/c1-11(12-5-3-7-15-10-12)9-13(17)16(2)8-4-6-14/h11-12,15H,3-5,7-10H2,1-2H3. The molecule has 0 aromatic carbocycles. The van der Waals surface area contributed by atoms with E-state index in [1.807, 2.05) is 0 Å². The summed E-state index contributed by atoms with van der Waals surface area (Å²) in [5.74, 6) is 1.22. The van der Waals surface area contributed by atoms with Crippen molar-refractivity contribution < 1.29 is 4.79 Å². The summed E-state index contributed by atoms with van der Waals surface area (Å²) in [6.07, 6.45) is 3.46. The van der Waals surface area contributed by atoms with Crippen LogP contribution in [0.3, 0.4) is 0 Å². The molecule has 2 unspecified atom stereocenters. The van der Waals surface area contributed by atoms with Gasteiger partial charge >= 0.3 is 0 Å². The van der Waals surface area contributed by atoms with Gasteiger partial charge in [-0.3, -0.25) is 4.79 Å². The van der Waals surface area contributed by atoms with Crippen LogP contribution >= 0.6 is 0 Å². The first-order chi connectivity index (χ1) is 8.15. The number of nitrogens with zero attached hydrogens (tertiary/aromatic N) is 2. The zero-order chi connectivity index (χ0) is 12.7. The molecule has 0 aromatic heterocycles. The monoisotopic (exact) mass is 237 g/mol. The van der Waals surface area contributed by atoms with E-state index in [9.17, 15) is 4.79 Å². The van der Waals surface area contributed by atoms with Crippen LogP contribution in [-0.4, -0.2) is 37.5 Å². The Kier molecular flexibility index (Phi) is 5.99. The SMILES string of the molecule is CC(CC(=O)N(C)CCC#N)C1CCCNC1. The Morgan fingerprint density at radius 2 is 2.41 bits per heavy atom. The van der Waals surface area contributed by atoms with Crippen LogP contribution < -0.4 is 5.32 Å². The molecule has 1 heterocycles. The highest BCUT2D eigenvalue weighted by Crippen LogP contribution is 2.22. The van der Waals surface area contributed by atoms with Crippen LogP contribution in [0, 0.1) is 23.2 Å². The van der Waals surface area contributed by atoms with Crippen molar-refractivity contribution in [3.63, 3.8) is 0 Å². The summed E-state index contributed by atoms with van der Waals surface area (Å²) in [5.41, 5.74) is 0. The topological polar surface area (TPSA) is 56.1 Å². The third-order valence-corrected chi connectivity index (χ3v) is 3.62. The van der Waals surface area contributed by atoms with Gasteiger partial charge in [0.1, 0.15) is 0 Å². The number of nitriles is 1. The molecule has 1 N–H and O–H groups in total. The lowest BCUT2D eigenvalue weighted by Crippen LogP contribution is -2.36. The van der Waals surface area contributed by atoms with Crippen molar-refractivity contribution >= 4 is 5.91 Å². The molecule has 1 aliphatic heterocycles. The summed E-state index contributed by atoms with van der Waals surface area (Å²) in [6, 6.07) is 2.07. The molecular weight excluding hydrogens is 214 g/mol. The van der Waals surface area contributed by atoms with Crippen LogP contribution in [0.25, 0.3) is 0 Å². The van der Waals surface area contributed by atoms with E-state index in [-0.39, 0.29) is 5.91 Å². The maximum absolute atomic E-state index is 11.9. The third-order valence-electron chi connectivity index (χ3n) is 3.62. The van der Waals surface area contributed by atoms with Gasteiger partial charge in [-0.15, -0.1) is 0 Å². The second kappa shape index (κ2) is 7.29. The van der Waals surface area contributed by atoms with E-state index in [0.29, 0.717) is 31.2 Å². The Morgan fingerprint density at radius 1 is 1.65 bits per heavy atom. The number of hydrogen-bond donors (Lipinski definition) is 1. The predicted octanol–water partition coefficient (Wildman–Crippen LogP) is 1.38. The zero-order valence-electron chi connectivity index (χ0n) is 10.9. The van der Waals surface area contributed by atoms with Crippen molar-refractivity contribution in [2.45, 2.75) is 32.6 Å². The molecule has 0 bridgehead atoms. The second-order valence-electron chi connectivity index (χ2n) is 5.01. The number of nitrogens with one attached hydrogen (secondary N) is 1. The quantitative estimate of drug-likeness (QED) is 0.786. The van der Waals surface area contributed by atoms with Gasteiger partial charge in [0.2, 0.25) is 5.91 Å². The largest absolute Gasteiger partial charge is 0.345 e. The van der Waals surface area contributed by atoms with Gasteiger partial charge < -0.3 is 10.2 Å². The van der Waals surface area contributed by atoms with Crippen molar-refractivity contribution in [2.75, 3.05) is 26.7 Å². The van der Waals surface area contributed by atoms with Crippen molar-refractivity contribution in [3.05, 3.63) is 0 Å². The Bertz CT molecular complexity index is 279. The number of hydrogen-bond acceptors (Lipinski definition) is 3. The summed E-state index contributed by atoms with van der Waals surface area (Å²) >= 11 is 0. The van der Waals surface area contributed by atoms with Crippen LogP contribution in [0.5, 0.6) is 0 Å². The lowest BCUT2D eigenvalue weighted by Gasteiger charge is -2.29. The molecule has 0 saturated carbocycles. The number of carbonyl (C=O) groups is 1. The summed E-state index contributed by atoms with van der Waals surface area (Å²) < 4.78 is 0. The minimum atomic E-state index is 0.165. The summed E-state index contributed by atoms with van der Waals surface area (Å²) in [5, 5.41) is 11.9. The molecule has 1 amide bonds. The molecular formula is C13H23N3O. The van der Waals surface area contributed by atoms with E-state index >= 15 is 0 Å². The molecule has 17 heavy (non-hydrogen) atoms. The summed E-state index contributed by atoms with van der Waals surface area (Å²) in [6.45, 7) is 4.86. The highest BCUT2D eigenvalue weighted by atomic mass is 16.2. The Balaban J connectivity index is 2.31. The predicted molar refractivity (Wildman–Crippen MR) is 67.2 cm³/mol. The summed E-state index contributed by atoms with van der Waals surface area (Å²) in [4.78, 5) is 13.6. The van der Waals surface area contributed by atoms with Gasteiger partial charge in [-0.1, -0.05) is 6.92 Å². The normalized spacial score (nSPS) is 21.6. The van der Waals surface area contributed by atoms with Gasteiger partial charge in [-0.05, 0) is 37.8 Å². The van der Waals surface area contributed by atoms with Crippen LogP contribution in [0.2, 0.25) is 0 Å². The van der Waals surface area contributed by atoms with Gasteiger partial charge in [-0.2, -0.15) is 5.26 Å². The van der Waals surface area contributed by atoms with Gasteiger partial charge in [0.15, 0.2) is 0 Å². The van der Waals surface area contributed by atoms with E-state index < -0.39 is 0 Å². The van der Waals surface area contributed by atoms with Gasteiger partial charge in [-0.25, -0.2) is 0 Å². The minimum Gasteiger partial charge on any atom is -0.345 e. The average molecular weight is 237 g/mol. The molecule has 1 saturated heterocycles. The Hall–Kier alpha value is -1.08. The molecule has 4 nitrogen and oxygen atoms in total. The Morgan fingerprint density at radius 3 is 3.00 bits per heavy atom. The number of rotatable bonds is 5. The lowest BCUT2D eigenvalue weighted by atomic mass is 9.85. The molecule has 2 atom stereocenters. The van der Waals surface area contributed by atoms with Crippen LogP contribution in [0.4, 0.5) is 0 Å². The molecule has 1 fully saturated rings. The smallest absolute Gasteiger partial charge is 0.222 e. The van der Waals surface area contributed by atoms with Gasteiger partial charge in [0.05, 0.1) is 12.5 Å². The third kappa shape index (κ3) is 4.74. The van der Waals surface area contributed by atoms with E-state index in [1.54, 1.807) is 11.9 Å². The first-order valence-corrected chi connectivity index (χ1v) is 6.46. The van der Waals surface area contributed by atoms with Gasteiger partial charge in [0, 0.05) is 20.0 Å². The molecule has 0 aromatic rings. The fraction of sp³-hybridized carbons (Fsp3) is 0.846. The van der Waals surface area contributed by atoms with Crippen LogP contribution in [0.15, 0.2) is 0 Å². The molecule has 1 aliphatic rings. The van der Waals surface area contributed by atoms with Crippen molar-refractivity contribution in [3.8, 4) is 6.07 Å². The highest BCUT2D eigenvalue weighted by molar-refractivity contribution is 5.76. The van der Waals surface area contributed by atoms with Gasteiger partial charge in [0.25, 0.3) is 0 Å². The minimum absolute atomic E-state index is 0.165. The molecule has 4 heteroatoms. The van der Waals surface area contributed by atoms with E-state index in [1.165, 1.54) is 12.8 Å². The van der Waals surface area contributed by atoms with E-state index in [0.717, 1.165) is 13.1 Å². The molecule has 0 spiro atoms. The summed E-state index contributed by atoms with van der Waals surface area (Å²) in [7, 11) is 1.78. The molecule has 1 rings (SSSR count). The highest BCUT2D eigenvalue weighted by Gasteiger charge is 2.23. The zero-order valence-corrected chi connectivity index (χ0v) is 10.9. The van der Waals surface area contributed by atoms with E-state index in [4.69, 9.17) is 5.26 Å². The van der Waals surface area contributed by atoms with E-state index in [2.05, 4.69) is 18.3 Å².